The summed E-state index contributed by atoms with van der Waals surface area (Å²) in [6.07, 6.45) is 0.0710. The van der Waals surface area contributed by atoms with Crippen LogP contribution in [0.5, 0.6) is 11.5 Å². The van der Waals surface area contributed by atoms with Gasteiger partial charge in [-0.05, 0) is 29.8 Å². The van der Waals surface area contributed by atoms with Crippen molar-refractivity contribution in [3.63, 3.8) is 0 Å². The molecule has 0 spiro atoms. The second-order valence-electron chi connectivity index (χ2n) is 5.33. The number of aromatic hydroxyl groups is 1. The number of hydrogen-bond acceptors (Lipinski definition) is 4. The maximum absolute atomic E-state index is 12.2. The summed E-state index contributed by atoms with van der Waals surface area (Å²) in [6.45, 7) is 1.41. The fraction of sp³-hybridized carbons (Fsp3) is 0.222. The molecule has 126 valence electrons. The molecule has 0 saturated carbocycles. The Hall–Kier alpha value is -3.02. The molecule has 1 unspecified atom stereocenters. The Morgan fingerprint density at radius 1 is 1.17 bits per heavy atom. The van der Waals surface area contributed by atoms with Crippen LogP contribution in [0.1, 0.15) is 24.9 Å². The zero-order valence-electron chi connectivity index (χ0n) is 13.6. The highest BCUT2D eigenvalue weighted by Crippen LogP contribution is 2.22. The van der Waals surface area contributed by atoms with Crippen molar-refractivity contribution in [2.75, 3.05) is 12.4 Å². The predicted octanol–water partition coefficient (Wildman–Crippen LogP) is 2.61. The SMILES string of the molecule is COc1ccc(C(CC(=O)Nc2cccc(O)c2)NC(C)=O)cc1. The number of amides is 2. The van der Waals surface area contributed by atoms with E-state index in [0.29, 0.717) is 11.4 Å². The predicted molar refractivity (Wildman–Crippen MR) is 90.9 cm³/mol. The molecule has 6 nitrogen and oxygen atoms in total. The van der Waals surface area contributed by atoms with E-state index in [1.165, 1.54) is 19.1 Å². The number of methoxy groups -OCH3 is 1. The van der Waals surface area contributed by atoms with Gasteiger partial charge in [0.2, 0.25) is 11.8 Å². The maximum Gasteiger partial charge on any atom is 0.226 e. The summed E-state index contributed by atoms with van der Waals surface area (Å²) in [5.74, 6) is 0.280. The van der Waals surface area contributed by atoms with Crippen molar-refractivity contribution in [1.29, 1.82) is 0 Å². The van der Waals surface area contributed by atoms with Crippen LogP contribution in [-0.4, -0.2) is 24.0 Å². The van der Waals surface area contributed by atoms with Gasteiger partial charge in [-0.3, -0.25) is 9.59 Å². The summed E-state index contributed by atoms with van der Waals surface area (Å²) >= 11 is 0. The zero-order valence-corrected chi connectivity index (χ0v) is 13.6. The lowest BCUT2D eigenvalue weighted by Crippen LogP contribution is -2.29. The first-order chi connectivity index (χ1) is 11.5. The molecular formula is C18H20N2O4. The van der Waals surface area contributed by atoms with Crippen LogP contribution in [0.3, 0.4) is 0 Å². The number of phenols is 1. The molecule has 0 fully saturated rings. The van der Waals surface area contributed by atoms with Crippen molar-refractivity contribution < 1.29 is 19.4 Å². The first-order valence-corrected chi connectivity index (χ1v) is 7.48. The molecule has 2 aromatic rings. The van der Waals surface area contributed by atoms with Crippen LogP contribution < -0.4 is 15.4 Å². The smallest absolute Gasteiger partial charge is 0.226 e. The average Bonchev–Trinajstić information content (AvgIpc) is 2.54. The number of nitrogens with one attached hydrogen (secondary N) is 2. The second-order valence-corrected chi connectivity index (χ2v) is 5.33. The third kappa shape index (κ3) is 5.01. The summed E-state index contributed by atoms with van der Waals surface area (Å²) in [6, 6.07) is 13.0. The fourth-order valence-electron chi connectivity index (χ4n) is 2.31. The minimum absolute atomic E-state index is 0.0707. The quantitative estimate of drug-likeness (QED) is 0.760. The summed E-state index contributed by atoms with van der Waals surface area (Å²) in [5.41, 5.74) is 1.30. The molecule has 0 heterocycles. The molecule has 0 bridgehead atoms. The molecule has 2 aromatic carbocycles. The Balaban J connectivity index is 2.09. The van der Waals surface area contributed by atoms with E-state index in [0.717, 1.165) is 5.56 Å². The number of phenolic OH excluding ortho intramolecular Hbond substituents is 1. The van der Waals surface area contributed by atoms with Gasteiger partial charge in [-0.25, -0.2) is 0 Å². The van der Waals surface area contributed by atoms with E-state index < -0.39 is 6.04 Å². The van der Waals surface area contributed by atoms with E-state index in [9.17, 15) is 14.7 Å². The molecule has 0 radical (unpaired) electrons. The molecule has 0 aliphatic carbocycles. The highest BCUT2D eigenvalue weighted by atomic mass is 16.5. The van der Waals surface area contributed by atoms with E-state index in [2.05, 4.69) is 10.6 Å². The molecule has 0 aromatic heterocycles. The van der Waals surface area contributed by atoms with Crippen LogP contribution in [0.25, 0.3) is 0 Å². The Morgan fingerprint density at radius 2 is 1.88 bits per heavy atom. The summed E-state index contributed by atoms with van der Waals surface area (Å²) in [4.78, 5) is 23.7. The molecular weight excluding hydrogens is 308 g/mol. The van der Waals surface area contributed by atoms with E-state index in [4.69, 9.17) is 4.74 Å². The molecule has 0 aliphatic rings. The number of benzene rings is 2. The normalized spacial score (nSPS) is 11.4. The van der Waals surface area contributed by atoms with E-state index in [1.54, 1.807) is 43.5 Å². The van der Waals surface area contributed by atoms with Gasteiger partial charge in [-0.15, -0.1) is 0 Å². The van der Waals surface area contributed by atoms with Gasteiger partial charge >= 0.3 is 0 Å². The number of carbonyl (C=O) groups is 2. The summed E-state index contributed by atoms with van der Waals surface area (Å²) in [5, 5.41) is 14.9. The Bertz CT molecular complexity index is 713. The first kappa shape index (κ1) is 17.3. The van der Waals surface area contributed by atoms with Gasteiger partial charge in [0.15, 0.2) is 0 Å². The lowest BCUT2D eigenvalue weighted by molar-refractivity contribution is -0.120. The molecule has 0 saturated heterocycles. The number of anilines is 1. The van der Waals surface area contributed by atoms with Gasteiger partial charge in [0.05, 0.1) is 19.6 Å². The minimum atomic E-state index is -0.453. The monoisotopic (exact) mass is 328 g/mol. The van der Waals surface area contributed by atoms with Crippen molar-refractivity contribution in [2.24, 2.45) is 0 Å². The topological polar surface area (TPSA) is 87.7 Å². The zero-order chi connectivity index (χ0) is 17.5. The second kappa shape index (κ2) is 8.01. The van der Waals surface area contributed by atoms with Gasteiger partial charge in [0.25, 0.3) is 0 Å². The maximum atomic E-state index is 12.2. The highest BCUT2D eigenvalue weighted by molar-refractivity contribution is 5.91. The Labute approximate surface area is 140 Å². The standard InChI is InChI=1S/C18H20N2O4/c1-12(21)19-17(13-6-8-16(24-2)9-7-13)11-18(23)20-14-4-3-5-15(22)10-14/h3-10,17,22H,11H2,1-2H3,(H,19,21)(H,20,23). The summed E-state index contributed by atoms with van der Waals surface area (Å²) in [7, 11) is 1.57. The van der Waals surface area contributed by atoms with Crippen molar-refractivity contribution in [1.82, 2.24) is 5.32 Å². The molecule has 0 aliphatic heterocycles. The number of carbonyl (C=O) groups excluding carboxylic acids is 2. The summed E-state index contributed by atoms with van der Waals surface area (Å²) < 4.78 is 5.11. The van der Waals surface area contributed by atoms with Crippen LogP contribution in [-0.2, 0) is 9.59 Å². The molecule has 2 rings (SSSR count). The van der Waals surface area contributed by atoms with E-state index in [1.807, 2.05) is 0 Å². The van der Waals surface area contributed by atoms with E-state index in [-0.39, 0.29) is 24.0 Å². The van der Waals surface area contributed by atoms with Crippen LogP contribution in [0.15, 0.2) is 48.5 Å². The van der Waals surface area contributed by atoms with Gasteiger partial charge in [-0.2, -0.15) is 0 Å². The molecule has 24 heavy (non-hydrogen) atoms. The Morgan fingerprint density at radius 3 is 2.46 bits per heavy atom. The third-order valence-electron chi connectivity index (χ3n) is 3.42. The number of ether oxygens (including phenoxy) is 1. The van der Waals surface area contributed by atoms with Crippen molar-refractivity contribution in [3.8, 4) is 11.5 Å². The van der Waals surface area contributed by atoms with Crippen LogP contribution >= 0.6 is 0 Å². The molecule has 1 atom stereocenters. The van der Waals surface area contributed by atoms with Gasteiger partial charge in [0.1, 0.15) is 11.5 Å². The highest BCUT2D eigenvalue weighted by Gasteiger charge is 2.17. The van der Waals surface area contributed by atoms with Crippen LogP contribution in [0.2, 0.25) is 0 Å². The lowest BCUT2D eigenvalue weighted by atomic mass is 10.0. The number of rotatable bonds is 6. The lowest BCUT2D eigenvalue weighted by Gasteiger charge is -2.18. The largest absolute Gasteiger partial charge is 0.508 e. The van der Waals surface area contributed by atoms with Crippen molar-refractivity contribution in [2.45, 2.75) is 19.4 Å². The first-order valence-electron chi connectivity index (χ1n) is 7.48. The number of hydrogen-bond donors (Lipinski definition) is 3. The van der Waals surface area contributed by atoms with Gasteiger partial charge < -0.3 is 20.5 Å². The van der Waals surface area contributed by atoms with Crippen LogP contribution in [0, 0.1) is 0 Å². The Kier molecular flexibility index (Phi) is 5.78. The van der Waals surface area contributed by atoms with Crippen LogP contribution in [0.4, 0.5) is 5.69 Å². The van der Waals surface area contributed by atoms with Gasteiger partial charge in [0, 0.05) is 18.7 Å². The fourth-order valence-corrected chi connectivity index (χ4v) is 2.31. The van der Waals surface area contributed by atoms with Gasteiger partial charge in [-0.1, -0.05) is 18.2 Å². The minimum Gasteiger partial charge on any atom is -0.508 e. The van der Waals surface area contributed by atoms with Crippen molar-refractivity contribution >= 4 is 17.5 Å². The molecule has 3 N–H and O–H groups in total. The average molecular weight is 328 g/mol. The molecule has 2 amide bonds. The van der Waals surface area contributed by atoms with Crippen molar-refractivity contribution in [3.05, 3.63) is 54.1 Å². The van der Waals surface area contributed by atoms with E-state index >= 15 is 0 Å². The molecule has 6 heteroatoms. The third-order valence-corrected chi connectivity index (χ3v) is 3.42.